The van der Waals surface area contributed by atoms with Crippen LogP contribution in [0.2, 0.25) is 0 Å². The molecule has 0 bridgehead atoms. The molecule has 25 heavy (non-hydrogen) atoms. The van der Waals surface area contributed by atoms with Gasteiger partial charge in [-0.05, 0) is 50.0 Å². The SMILES string of the molecule is CCCC1(CCCCC#CCCCCCCOCOC)SCCCS1. The van der Waals surface area contributed by atoms with Gasteiger partial charge in [-0.25, -0.2) is 0 Å². The van der Waals surface area contributed by atoms with Gasteiger partial charge in [0, 0.05) is 26.6 Å². The Morgan fingerprint density at radius 2 is 1.56 bits per heavy atom. The van der Waals surface area contributed by atoms with Gasteiger partial charge in [-0.15, -0.1) is 35.4 Å². The highest BCUT2D eigenvalue weighted by Gasteiger charge is 2.31. The van der Waals surface area contributed by atoms with Crippen LogP contribution >= 0.6 is 23.5 Å². The molecule has 0 unspecified atom stereocenters. The first-order valence-electron chi connectivity index (χ1n) is 10.1. The molecule has 1 saturated heterocycles. The van der Waals surface area contributed by atoms with E-state index in [0.717, 1.165) is 25.9 Å². The molecule has 1 heterocycles. The summed E-state index contributed by atoms with van der Waals surface area (Å²) >= 11 is 4.46. The largest absolute Gasteiger partial charge is 0.359 e. The molecule has 0 N–H and O–H groups in total. The van der Waals surface area contributed by atoms with Gasteiger partial charge in [-0.1, -0.05) is 32.6 Å². The summed E-state index contributed by atoms with van der Waals surface area (Å²) in [6.45, 7) is 3.56. The Bertz CT molecular complexity index is 351. The Labute approximate surface area is 165 Å². The predicted octanol–water partition coefficient (Wildman–Crippen LogP) is 6.49. The van der Waals surface area contributed by atoms with Crippen molar-refractivity contribution in [2.45, 2.75) is 88.1 Å². The molecule has 1 rings (SSSR count). The lowest BCUT2D eigenvalue weighted by molar-refractivity contribution is -0.0315. The van der Waals surface area contributed by atoms with Gasteiger partial charge in [-0.2, -0.15) is 0 Å². The molecule has 1 aliphatic heterocycles. The Hall–Kier alpha value is 0.180. The maximum atomic E-state index is 5.28. The maximum Gasteiger partial charge on any atom is 0.146 e. The van der Waals surface area contributed by atoms with Crippen molar-refractivity contribution in [3.8, 4) is 11.8 Å². The van der Waals surface area contributed by atoms with Crippen molar-refractivity contribution in [3.05, 3.63) is 0 Å². The van der Waals surface area contributed by atoms with E-state index in [9.17, 15) is 0 Å². The zero-order chi connectivity index (χ0) is 18.1. The molecule has 0 saturated carbocycles. The van der Waals surface area contributed by atoms with Gasteiger partial charge in [0.2, 0.25) is 0 Å². The summed E-state index contributed by atoms with van der Waals surface area (Å²) in [5.74, 6) is 9.47. The first-order chi connectivity index (χ1) is 12.3. The number of ether oxygens (including phenoxy) is 2. The summed E-state index contributed by atoms with van der Waals surface area (Å²) in [5.41, 5.74) is 0. The Kier molecular flexibility index (Phi) is 15.2. The molecule has 0 spiro atoms. The van der Waals surface area contributed by atoms with E-state index in [1.807, 2.05) is 0 Å². The summed E-state index contributed by atoms with van der Waals surface area (Å²) in [5, 5.41) is 0. The quantitative estimate of drug-likeness (QED) is 0.193. The van der Waals surface area contributed by atoms with E-state index in [1.165, 1.54) is 69.3 Å². The third-order valence-electron chi connectivity index (χ3n) is 4.43. The van der Waals surface area contributed by atoms with Crippen LogP contribution < -0.4 is 0 Å². The van der Waals surface area contributed by atoms with Gasteiger partial charge in [-0.3, -0.25) is 0 Å². The van der Waals surface area contributed by atoms with Crippen molar-refractivity contribution in [2.24, 2.45) is 0 Å². The second-order valence-corrected chi connectivity index (χ2v) is 9.97. The Balaban J connectivity index is 1.94. The fourth-order valence-electron chi connectivity index (χ4n) is 3.11. The number of rotatable bonds is 14. The predicted molar refractivity (Wildman–Crippen MR) is 114 cm³/mol. The van der Waals surface area contributed by atoms with E-state index in [1.54, 1.807) is 7.11 Å². The fourth-order valence-corrected chi connectivity index (χ4v) is 6.72. The van der Waals surface area contributed by atoms with Gasteiger partial charge in [0.25, 0.3) is 0 Å². The van der Waals surface area contributed by atoms with E-state index < -0.39 is 0 Å². The minimum Gasteiger partial charge on any atom is -0.359 e. The Morgan fingerprint density at radius 3 is 2.24 bits per heavy atom. The van der Waals surface area contributed by atoms with E-state index in [0.29, 0.717) is 10.9 Å². The van der Waals surface area contributed by atoms with Crippen LogP contribution in [0.15, 0.2) is 0 Å². The van der Waals surface area contributed by atoms with Crippen LogP contribution in [0.3, 0.4) is 0 Å². The number of methoxy groups -OCH3 is 1. The van der Waals surface area contributed by atoms with Crippen molar-refractivity contribution in [1.29, 1.82) is 0 Å². The minimum atomic E-state index is 0.419. The molecule has 0 aromatic heterocycles. The Morgan fingerprint density at radius 1 is 0.880 bits per heavy atom. The van der Waals surface area contributed by atoms with Crippen LogP contribution in [-0.2, 0) is 9.47 Å². The molecule has 0 amide bonds. The smallest absolute Gasteiger partial charge is 0.146 e. The van der Waals surface area contributed by atoms with E-state index in [-0.39, 0.29) is 0 Å². The van der Waals surface area contributed by atoms with E-state index in [2.05, 4.69) is 42.3 Å². The van der Waals surface area contributed by atoms with Crippen molar-refractivity contribution in [2.75, 3.05) is 32.0 Å². The summed E-state index contributed by atoms with van der Waals surface area (Å²) in [4.78, 5) is 0. The number of unbranched alkanes of at least 4 members (excludes halogenated alkanes) is 6. The van der Waals surface area contributed by atoms with Crippen molar-refractivity contribution >= 4 is 23.5 Å². The summed E-state index contributed by atoms with van der Waals surface area (Å²) in [6.07, 6.45) is 15.1. The number of thioether (sulfide) groups is 2. The van der Waals surface area contributed by atoms with E-state index in [4.69, 9.17) is 9.47 Å². The number of hydrogen-bond donors (Lipinski definition) is 0. The summed E-state index contributed by atoms with van der Waals surface area (Å²) < 4.78 is 10.7. The maximum absolute atomic E-state index is 5.28. The van der Waals surface area contributed by atoms with Crippen molar-refractivity contribution < 1.29 is 9.47 Å². The highest BCUT2D eigenvalue weighted by molar-refractivity contribution is 8.18. The average molecular weight is 387 g/mol. The minimum absolute atomic E-state index is 0.419. The molecule has 1 aliphatic rings. The van der Waals surface area contributed by atoms with Crippen LogP contribution in [-0.4, -0.2) is 36.1 Å². The molecular weight excluding hydrogens is 348 g/mol. The van der Waals surface area contributed by atoms with Crippen molar-refractivity contribution in [3.63, 3.8) is 0 Å². The van der Waals surface area contributed by atoms with Gasteiger partial charge < -0.3 is 9.47 Å². The van der Waals surface area contributed by atoms with Gasteiger partial charge in [0.15, 0.2) is 0 Å². The lowest BCUT2D eigenvalue weighted by atomic mass is 10.1. The normalized spacial score (nSPS) is 16.4. The van der Waals surface area contributed by atoms with E-state index >= 15 is 0 Å². The summed E-state index contributed by atoms with van der Waals surface area (Å²) in [7, 11) is 1.66. The molecule has 0 atom stereocenters. The standard InChI is InChI=1S/C21H38O2S2/c1-3-15-21(24-18-14-19-25-21)16-12-10-8-6-4-5-7-9-11-13-17-23-20-22-2/h3,5,7-20H2,1-2H3. The second kappa shape index (κ2) is 16.4. The van der Waals surface area contributed by atoms with Crippen LogP contribution in [0.25, 0.3) is 0 Å². The molecule has 0 aliphatic carbocycles. The van der Waals surface area contributed by atoms with Crippen LogP contribution in [0.4, 0.5) is 0 Å². The monoisotopic (exact) mass is 386 g/mol. The first-order valence-corrected chi connectivity index (χ1v) is 12.1. The van der Waals surface area contributed by atoms with Crippen LogP contribution in [0, 0.1) is 11.8 Å². The number of hydrogen-bond acceptors (Lipinski definition) is 4. The first kappa shape index (κ1) is 23.2. The third kappa shape index (κ3) is 12.2. The lowest BCUT2D eigenvalue weighted by Crippen LogP contribution is -2.24. The molecule has 2 nitrogen and oxygen atoms in total. The highest BCUT2D eigenvalue weighted by Crippen LogP contribution is 2.48. The average Bonchev–Trinajstić information content (AvgIpc) is 2.63. The van der Waals surface area contributed by atoms with Crippen LogP contribution in [0.5, 0.6) is 0 Å². The van der Waals surface area contributed by atoms with Crippen molar-refractivity contribution in [1.82, 2.24) is 0 Å². The van der Waals surface area contributed by atoms with Gasteiger partial charge >= 0.3 is 0 Å². The summed E-state index contributed by atoms with van der Waals surface area (Å²) in [6, 6.07) is 0. The van der Waals surface area contributed by atoms with Crippen LogP contribution in [0.1, 0.15) is 84.0 Å². The zero-order valence-electron chi connectivity index (χ0n) is 16.4. The topological polar surface area (TPSA) is 18.5 Å². The lowest BCUT2D eigenvalue weighted by Gasteiger charge is -2.36. The molecule has 4 heteroatoms. The molecule has 0 aromatic carbocycles. The zero-order valence-corrected chi connectivity index (χ0v) is 18.1. The fraction of sp³-hybridized carbons (Fsp3) is 0.905. The highest BCUT2D eigenvalue weighted by atomic mass is 32.2. The second-order valence-electron chi connectivity index (χ2n) is 6.75. The molecular formula is C21H38O2S2. The molecule has 0 aromatic rings. The van der Waals surface area contributed by atoms with Gasteiger partial charge in [0.1, 0.15) is 6.79 Å². The van der Waals surface area contributed by atoms with Gasteiger partial charge in [0.05, 0.1) is 4.08 Å². The molecule has 146 valence electrons. The molecule has 0 radical (unpaired) electrons. The molecule has 1 fully saturated rings. The third-order valence-corrected chi connectivity index (χ3v) is 7.99.